The predicted octanol–water partition coefficient (Wildman–Crippen LogP) is 6.33. The summed E-state index contributed by atoms with van der Waals surface area (Å²) in [5, 5.41) is 19.5. The van der Waals surface area contributed by atoms with Crippen LogP contribution in [0.2, 0.25) is 10.0 Å². The second kappa shape index (κ2) is 16.5. The number of anilines is 1. The number of nitrogens with zero attached hydrogens (tertiary/aromatic N) is 4. The Morgan fingerprint density at radius 3 is 2.57 bits per heavy atom. The molecule has 2 aromatic heterocycles. The number of hydrogen-bond donors (Lipinski definition) is 4. The van der Waals surface area contributed by atoms with Gasteiger partial charge in [0.15, 0.2) is 5.82 Å². The molecule has 54 heavy (non-hydrogen) atoms. The van der Waals surface area contributed by atoms with E-state index in [9.17, 15) is 19.5 Å². The minimum Gasteiger partial charge on any atom is -0.496 e. The standard InChI is InChI=1S/C40H45Cl2N7O5/c1-48-32-15-17-49(21-23-6-8-24(9-7-23)40(52)53)22-31(32)46-38(48)39(51)47-30-5-3-4-28(35(30)41)29-14-16-44-37(36(29)42)25-10-11-26(33(18-25)54-2)19-43-20-27-12-13-34(50)45-27/h3-5,10-11,14,16,18,23-24,27,43H,6-9,12-13,15,17,19-22H2,1-2H3,(H,45,50)(H,47,51)(H,52,53)/t23-,24+,27-/m0/s1. The number of hydrogen-bond acceptors (Lipinski definition) is 8. The number of methoxy groups -OCH3 is 1. The number of halogens is 2. The van der Waals surface area contributed by atoms with Crippen molar-refractivity contribution < 1.29 is 24.2 Å². The van der Waals surface area contributed by atoms with Crippen molar-refractivity contribution in [3.63, 3.8) is 0 Å². The number of carbonyl (C=O) groups excluding carboxylic acids is 2. The maximum absolute atomic E-state index is 13.7. The van der Waals surface area contributed by atoms with Gasteiger partial charge in [-0.1, -0.05) is 47.5 Å². The Balaban J connectivity index is 1.03. The molecule has 0 spiro atoms. The van der Waals surface area contributed by atoms with E-state index in [0.29, 0.717) is 76.1 Å². The molecule has 4 aromatic rings. The van der Waals surface area contributed by atoms with Crippen LogP contribution < -0.4 is 20.7 Å². The molecular formula is C40H45Cl2N7O5. The Morgan fingerprint density at radius 2 is 1.83 bits per heavy atom. The molecule has 1 saturated heterocycles. The van der Waals surface area contributed by atoms with Gasteiger partial charge in [-0.05, 0) is 56.2 Å². The van der Waals surface area contributed by atoms with Gasteiger partial charge in [0.2, 0.25) is 5.91 Å². The first-order chi connectivity index (χ1) is 26.1. The van der Waals surface area contributed by atoms with Crippen molar-refractivity contribution in [2.75, 3.05) is 32.1 Å². The van der Waals surface area contributed by atoms with Gasteiger partial charge in [-0.25, -0.2) is 4.98 Å². The minimum absolute atomic E-state index is 0.0929. The number of aromatic nitrogens is 3. The van der Waals surface area contributed by atoms with E-state index in [-0.39, 0.29) is 23.8 Å². The van der Waals surface area contributed by atoms with Gasteiger partial charge in [-0.2, -0.15) is 0 Å². The Labute approximate surface area is 324 Å². The van der Waals surface area contributed by atoms with E-state index < -0.39 is 5.97 Å². The van der Waals surface area contributed by atoms with Gasteiger partial charge in [0.1, 0.15) is 5.75 Å². The molecule has 1 saturated carbocycles. The molecule has 2 fully saturated rings. The normalized spacial score (nSPS) is 20.0. The van der Waals surface area contributed by atoms with E-state index in [1.807, 2.05) is 41.9 Å². The molecule has 1 aliphatic carbocycles. The lowest BCUT2D eigenvalue weighted by Crippen LogP contribution is -2.36. The Morgan fingerprint density at radius 1 is 1.04 bits per heavy atom. The molecule has 2 amide bonds. The summed E-state index contributed by atoms with van der Waals surface area (Å²) in [5.41, 5.74) is 5.97. The van der Waals surface area contributed by atoms with Crippen molar-refractivity contribution in [3.8, 4) is 28.1 Å². The van der Waals surface area contributed by atoms with E-state index >= 15 is 0 Å². The van der Waals surface area contributed by atoms with Crippen LogP contribution in [0.5, 0.6) is 5.75 Å². The highest BCUT2D eigenvalue weighted by Crippen LogP contribution is 2.41. The summed E-state index contributed by atoms with van der Waals surface area (Å²) in [6, 6.07) is 13.2. The number of imidazole rings is 1. The smallest absolute Gasteiger partial charge is 0.306 e. The summed E-state index contributed by atoms with van der Waals surface area (Å²) in [4.78, 5) is 48.3. The van der Waals surface area contributed by atoms with Gasteiger partial charge in [0.25, 0.3) is 5.91 Å². The molecule has 284 valence electrons. The first-order valence-electron chi connectivity index (χ1n) is 18.5. The largest absolute Gasteiger partial charge is 0.496 e. The number of carbonyl (C=O) groups is 3. The summed E-state index contributed by atoms with van der Waals surface area (Å²) in [6.07, 6.45) is 7.17. The Bertz CT molecular complexity index is 2060. The van der Waals surface area contributed by atoms with Crippen LogP contribution >= 0.6 is 23.2 Å². The lowest BCUT2D eigenvalue weighted by Gasteiger charge is -2.33. The van der Waals surface area contributed by atoms with Crippen molar-refractivity contribution in [2.45, 2.75) is 64.1 Å². The van der Waals surface area contributed by atoms with Gasteiger partial charge < -0.3 is 30.4 Å². The van der Waals surface area contributed by atoms with Crippen LogP contribution in [0.3, 0.4) is 0 Å². The van der Waals surface area contributed by atoms with Crippen molar-refractivity contribution in [3.05, 3.63) is 81.5 Å². The summed E-state index contributed by atoms with van der Waals surface area (Å²) < 4.78 is 7.59. The number of benzene rings is 2. The molecule has 7 rings (SSSR count). The molecular weight excluding hydrogens is 729 g/mol. The molecule has 2 aromatic carbocycles. The predicted molar refractivity (Wildman–Crippen MR) is 208 cm³/mol. The van der Waals surface area contributed by atoms with E-state index in [1.165, 1.54) is 0 Å². The van der Waals surface area contributed by atoms with E-state index in [0.717, 1.165) is 74.1 Å². The number of aliphatic carboxylic acids is 1. The first-order valence-corrected chi connectivity index (χ1v) is 19.3. The van der Waals surface area contributed by atoms with Crippen molar-refractivity contribution in [1.82, 2.24) is 30.1 Å². The molecule has 2 aliphatic heterocycles. The fourth-order valence-corrected chi connectivity index (χ4v) is 8.61. The summed E-state index contributed by atoms with van der Waals surface area (Å²) >= 11 is 14.0. The third-order valence-corrected chi connectivity index (χ3v) is 11.8. The lowest BCUT2D eigenvalue weighted by molar-refractivity contribution is -0.143. The van der Waals surface area contributed by atoms with Crippen molar-refractivity contribution in [1.29, 1.82) is 0 Å². The number of rotatable bonds is 12. The first kappa shape index (κ1) is 37.8. The van der Waals surface area contributed by atoms with E-state index in [2.05, 4.69) is 25.8 Å². The Hall–Kier alpha value is -4.49. The highest BCUT2D eigenvalue weighted by molar-refractivity contribution is 6.39. The molecule has 14 heteroatoms. The van der Waals surface area contributed by atoms with Crippen LogP contribution in [0.1, 0.15) is 66.1 Å². The fourth-order valence-electron chi connectivity index (χ4n) is 8.02. The lowest BCUT2D eigenvalue weighted by atomic mass is 9.81. The van der Waals surface area contributed by atoms with Crippen LogP contribution in [0.15, 0.2) is 48.7 Å². The van der Waals surface area contributed by atoms with Crippen LogP contribution in [0.4, 0.5) is 5.69 Å². The average molecular weight is 775 g/mol. The average Bonchev–Trinajstić information content (AvgIpc) is 3.74. The zero-order valence-corrected chi connectivity index (χ0v) is 32.0. The number of amides is 2. The number of ether oxygens (including phenoxy) is 1. The number of carboxylic acid groups (broad SMARTS) is 1. The minimum atomic E-state index is -0.684. The van der Waals surface area contributed by atoms with Crippen molar-refractivity contribution in [2.24, 2.45) is 18.9 Å². The second-order valence-electron chi connectivity index (χ2n) is 14.5. The highest BCUT2D eigenvalue weighted by atomic mass is 35.5. The van der Waals surface area contributed by atoms with E-state index in [4.69, 9.17) is 32.9 Å². The number of pyridine rings is 1. The molecule has 0 bridgehead atoms. The molecule has 0 unspecified atom stereocenters. The summed E-state index contributed by atoms with van der Waals surface area (Å²) in [6.45, 7) is 3.68. The molecule has 12 nitrogen and oxygen atoms in total. The third kappa shape index (κ3) is 8.12. The number of nitrogens with one attached hydrogen (secondary N) is 3. The van der Waals surface area contributed by atoms with Gasteiger partial charge in [-0.3, -0.25) is 24.3 Å². The molecule has 4 heterocycles. The number of fused-ring (bicyclic) bond motifs is 1. The van der Waals surface area contributed by atoms with E-state index in [1.54, 1.807) is 25.4 Å². The Kier molecular flexibility index (Phi) is 11.5. The van der Waals surface area contributed by atoms with Gasteiger partial charge in [-0.15, -0.1) is 0 Å². The third-order valence-electron chi connectivity index (χ3n) is 11.0. The summed E-state index contributed by atoms with van der Waals surface area (Å²) in [5.74, 6) is 0.301. The SMILES string of the molecule is COc1cc(-c2nccc(-c3cccc(NC(=O)c4nc5c(n4C)CCN(C[C@H]4CC[C@@H](C(=O)O)CC4)C5)c3Cl)c2Cl)ccc1CNC[C@@H]1CCC(=O)N1. The summed E-state index contributed by atoms with van der Waals surface area (Å²) in [7, 11) is 3.49. The van der Waals surface area contributed by atoms with Crippen LogP contribution in [-0.4, -0.2) is 75.1 Å². The van der Waals surface area contributed by atoms with Crippen LogP contribution in [-0.2, 0) is 36.1 Å². The molecule has 3 aliphatic rings. The van der Waals surface area contributed by atoms with Crippen LogP contribution in [0.25, 0.3) is 22.4 Å². The van der Waals surface area contributed by atoms with Gasteiger partial charge in [0.05, 0.1) is 40.1 Å². The fraction of sp³-hybridized carbons (Fsp3) is 0.425. The quantitative estimate of drug-likeness (QED) is 0.129. The highest BCUT2D eigenvalue weighted by Gasteiger charge is 2.30. The zero-order chi connectivity index (χ0) is 37.9. The van der Waals surface area contributed by atoms with Crippen LogP contribution in [0, 0.1) is 11.8 Å². The van der Waals surface area contributed by atoms with Gasteiger partial charge >= 0.3 is 5.97 Å². The number of carboxylic acids is 1. The molecule has 4 N–H and O–H groups in total. The maximum atomic E-state index is 13.7. The topological polar surface area (TPSA) is 151 Å². The zero-order valence-electron chi connectivity index (χ0n) is 30.5. The van der Waals surface area contributed by atoms with Crippen molar-refractivity contribution >= 4 is 46.7 Å². The molecule has 1 atom stereocenters. The van der Waals surface area contributed by atoms with Gasteiger partial charge in [0, 0.05) is 92.8 Å². The second-order valence-corrected chi connectivity index (χ2v) is 15.3. The monoisotopic (exact) mass is 773 g/mol. The maximum Gasteiger partial charge on any atom is 0.306 e. The molecule has 0 radical (unpaired) electrons.